The number of nitrogens with zero attached hydrogens (tertiary/aromatic N) is 3. The molecule has 0 aliphatic heterocycles. The maximum absolute atomic E-state index is 13.8. The van der Waals surface area contributed by atoms with Gasteiger partial charge < -0.3 is 9.47 Å². The molecule has 0 bridgehead atoms. The molecule has 0 aromatic carbocycles. The van der Waals surface area contributed by atoms with Crippen LogP contribution < -0.4 is 4.74 Å². The van der Waals surface area contributed by atoms with E-state index in [0.29, 0.717) is 18.7 Å². The summed E-state index contributed by atoms with van der Waals surface area (Å²) in [5.74, 6) is 0.558. The topological polar surface area (TPSA) is 48.7 Å². The van der Waals surface area contributed by atoms with E-state index in [-0.39, 0.29) is 34.9 Å². The molecule has 148 valence electrons. The molecular formula is C19H24F3N3O2. The van der Waals surface area contributed by atoms with Crippen molar-refractivity contribution in [3.8, 4) is 5.75 Å². The van der Waals surface area contributed by atoms with Crippen LogP contribution >= 0.6 is 0 Å². The molecule has 5 nitrogen and oxygen atoms in total. The number of hydrogen-bond donors (Lipinski definition) is 0. The smallest absolute Gasteiger partial charge is 0.423 e. The van der Waals surface area contributed by atoms with Crippen molar-refractivity contribution in [2.45, 2.75) is 70.3 Å². The van der Waals surface area contributed by atoms with Gasteiger partial charge in [0.1, 0.15) is 17.1 Å². The summed E-state index contributed by atoms with van der Waals surface area (Å²) in [5.41, 5.74) is -0.962. The van der Waals surface area contributed by atoms with Gasteiger partial charge in [-0.3, -0.25) is 4.40 Å². The van der Waals surface area contributed by atoms with Crippen molar-refractivity contribution in [2.75, 3.05) is 7.11 Å². The first-order chi connectivity index (χ1) is 12.7. The summed E-state index contributed by atoms with van der Waals surface area (Å²) >= 11 is 0. The van der Waals surface area contributed by atoms with E-state index >= 15 is 0 Å². The number of aromatic nitrogens is 3. The lowest BCUT2D eigenvalue weighted by molar-refractivity contribution is -0.138. The average molecular weight is 383 g/mol. The van der Waals surface area contributed by atoms with Crippen LogP contribution in [0.5, 0.6) is 5.75 Å². The van der Waals surface area contributed by atoms with Gasteiger partial charge in [0.2, 0.25) is 0 Å². The SMILES string of the molecule is COC1CCC(Oc2ccn3c(C4CC4(C)C)nnc3c2C(F)(F)F)CC1. The highest BCUT2D eigenvalue weighted by Gasteiger charge is 2.50. The third-order valence-electron chi connectivity index (χ3n) is 5.92. The maximum Gasteiger partial charge on any atom is 0.423 e. The van der Waals surface area contributed by atoms with Crippen LogP contribution in [-0.2, 0) is 10.9 Å². The molecule has 0 spiro atoms. The van der Waals surface area contributed by atoms with Gasteiger partial charge in [0.15, 0.2) is 5.65 Å². The highest BCUT2D eigenvalue weighted by atomic mass is 19.4. The molecule has 0 amide bonds. The Bertz CT molecular complexity index is 839. The summed E-state index contributed by atoms with van der Waals surface area (Å²) in [4.78, 5) is 0. The summed E-state index contributed by atoms with van der Waals surface area (Å²) in [5, 5.41) is 7.96. The largest absolute Gasteiger partial charge is 0.490 e. The Morgan fingerprint density at radius 2 is 1.74 bits per heavy atom. The molecule has 0 radical (unpaired) electrons. The molecule has 2 aromatic heterocycles. The third-order valence-corrected chi connectivity index (χ3v) is 5.92. The van der Waals surface area contributed by atoms with Gasteiger partial charge in [-0.15, -0.1) is 10.2 Å². The highest BCUT2D eigenvalue weighted by Crippen LogP contribution is 2.58. The van der Waals surface area contributed by atoms with Crippen LogP contribution in [-0.4, -0.2) is 33.9 Å². The van der Waals surface area contributed by atoms with Gasteiger partial charge in [0.05, 0.1) is 12.2 Å². The minimum Gasteiger partial charge on any atom is -0.490 e. The normalized spacial score (nSPS) is 27.7. The predicted molar refractivity (Wildman–Crippen MR) is 92.8 cm³/mol. The average Bonchev–Trinajstić information content (AvgIpc) is 3.04. The third kappa shape index (κ3) is 3.39. The Labute approximate surface area is 155 Å². The first kappa shape index (κ1) is 18.5. The molecule has 2 fully saturated rings. The van der Waals surface area contributed by atoms with Crippen LogP contribution in [0.2, 0.25) is 0 Å². The summed E-state index contributed by atoms with van der Waals surface area (Å²) in [6.45, 7) is 4.16. The van der Waals surface area contributed by atoms with Crippen molar-refractivity contribution in [3.63, 3.8) is 0 Å². The Balaban J connectivity index is 1.67. The quantitative estimate of drug-likeness (QED) is 0.774. The number of ether oxygens (including phenoxy) is 2. The van der Waals surface area contributed by atoms with Crippen molar-refractivity contribution < 1.29 is 22.6 Å². The monoisotopic (exact) mass is 383 g/mol. The molecule has 2 heterocycles. The molecule has 0 N–H and O–H groups in total. The molecule has 1 unspecified atom stereocenters. The number of hydrogen-bond acceptors (Lipinski definition) is 4. The molecule has 2 aliphatic rings. The number of fused-ring (bicyclic) bond motifs is 1. The van der Waals surface area contributed by atoms with Crippen molar-refractivity contribution in [3.05, 3.63) is 23.7 Å². The van der Waals surface area contributed by atoms with Gasteiger partial charge in [-0.1, -0.05) is 13.8 Å². The standard InChI is InChI=1S/C19H24F3N3O2/c1-18(2)10-13(18)16-23-24-17-15(19(20,21)22)14(8-9-25(16)17)27-12-6-4-11(26-3)5-7-12/h8-9,11-13H,4-7,10H2,1-3H3. The Kier molecular flexibility index (Phi) is 4.36. The van der Waals surface area contributed by atoms with E-state index in [9.17, 15) is 13.2 Å². The highest BCUT2D eigenvalue weighted by molar-refractivity contribution is 5.57. The molecule has 2 saturated carbocycles. The minimum absolute atomic E-state index is 0.0521. The molecular weight excluding hydrogens is 359 g/mol. The fourth-order valence-corrected chi connectivity index (χ4v) is 4.03. The van der Waals surface area contributed by atoms with Crippen molar-refractivity contribution in [1.29, 1.82) is 0 Å². The summed E-state index contributed by atoms with van der Waals surface area (Å²) in [6.07, 6.45) is 0.781. The van der Waals surface area contributed by atoms with E-state index in [1.807, 2.05) is 0 Å². The zero-order valence-electron chi connectivity index (χ0n) is 15.7. The first-order valence-corrected chi connectivity index (χ1v) is 9.35. The van der Waals surface area contributed by atoms with E-state index in [2.05, 4.69) is 24.0 Å². The number of halogens is 3. The van der Waals surface area contributed by atoms with Crippen molar-refractivity contribution in [2.24, 2.45) is 5.41 Å². The van der Waals surface area contributed by atoms with Gasteiger partial charge in [-0.2, -0.15) is 13.2 Å². The van der Waals surface area contributed by atoms with Crippen molar-refractivity contribution >= 4 is 5.65 Å². The molecule has 27 heavy (non-hydrogen) atoms. The van der Waals surface area contributed by atoms with E-state index in [0.717, 1.165) is 19.3 Å². The number of pyridine rings is 1. The molecule has 4 rings (SSSR count). The van der Waals surface area contributed by atoms with Crippen molar-refractivity contribution in [1.82, 2.24) is 14.6 Å². The van der Waals surface area contributed by atoms with Gasteiger partial charge in [0, 0.05) is 19.2 Å². The van der Waals surface area contributed by atoms with Crippen LogP contribution in [0, 0.1) is 5.41 Å². The van der Waals surface area contributed by atoms with E-state index < -0.39 is 11.7 Å². The van der Waals surface area contributed by atoms with E-state index in [1.54, 1.807) is 13.3 Å². The van der Waals surface area contributed by atoms with Crippen LogP contribution in [0.3, 0.4) is 0 Å². The number of methoxy groups -OCH3 is 1. The van der Waals surface area contributed by atoms with Gasteiger partial charge in [-0.25, -0.2) is 0 Å². The number of rotatable bonds is 4. The zero-order chi connectivity index (χ0) is 19.4. The molecule has 2 aliphatic carbocycles. The summed E-state index contributed by atoms with van der Waals surface area (Å²) < 4.78 is 54.1. The van der Waals surface area contributed by atoms with Gasteiger partial charge in [-0.05, 0) is 43.6 Å². The second-order valence-corrected chi connectivity index (χ2v) is 8.30. The van der Waals surface area contributed by atoms with E-state index in [1.165, 1.54) is 10.5 Å². The first-order valence-electron chi connectivity index (χ1n) is 9.35. The summed E-state index contributed by atoms with van der Waals surface area (Å²) in [7, 11) is 1.66. The van der Waals surface area contributed by atoms with Crippen LogP contribution in [0.1, 0.15) is 63.3 Å². The second kappa shape index (κ2) is 6.36. The van der Waals surface area contributed by atoms with E-state index in [4.69, 9.17) is 9.47 Å². The predicted octanol–water partition coefficient (Wildman–Crippen LogP) is 4.60. The number of alkyl halides is 3. The zero-order valence-corrected chi connectivity index (χ0v) is 15.7. The van der Waals surface area contributed by atoms with Gasteiger partial charge >= 0.3 is 6.18 Å². The minimum atomic E-state index is -4.56. The maximum atomic E-state index is 13.8. The van der Waals surface area contributed by atoms with Gasteiger partial charge in [0.25, 0.3) is 0 Å². The summed E-state index contributed by atoms with van der Waals surface area (Å²) in [6, 6.07) is 1.40. The fraction of sp³-hybridized carbons (Fsp3) is 0.684. The Morgan fingerprint density at radius 1 is 1.11 bits per heavy atom. The fourth-order valence-electron chi connectivity index (χ4n) is 4.03. The lowest BCUT2D eigenvalue weighted by Crippen LogP contribution is -2.28. The lowest BCUT2D eigenvalue weighted by atomic mass is 9.95. The Hall–Kier alpha value is -1.83. The van der Waals surface area contributed by atoms with Crippen LogP contribution in [0.4, 0.5) is 13.2 Å². The lowest BCUT2D eigenvalue weighted by Gasteiger charge is -2.29. The van der Waals surface area contributed by atoms with Crippen LogP contribution in [0.15, 0.2) is 12.3 Å². The molecule has 1 atom stereocenters. The molecule has 0 saturated heterocycles. The van der Waals surface area contributed by atoms with Crippen LogP contribution in [0.25, 0.3) is 5.65 Å². The Morgan fingerprint density at radius 3 is 2.30 bits per heavy atom. The molecule has 2 aromatic rings. The second-order valence-electron chi connectivity index (χ2n) is 8.30. The molecule has 8 heteroatoms.